The van der Waals surface area contributed by atoms with E-state index >= 15 is 4.39 Å². The number of rotatable bonds is 12. The van der Waals surface area contributed by atoms with E-state index in [0.717, 1.165) is 12.1 Å². The van der Waals surface area contributed by atoms with Crippen LogP contribution in [0.3, 0.4) is 0 Å². The number of aromatic nitrogens is 3. The predicted molar refractivity (Wildman–Crippen MR) is 161 cm³/mol. The normalized spacial score (nSPS) is 13.2. The Labute approximate surface area is 250 Å². The number of carbonyl (C=O) groups is 1. The standard InChI is InChI=1S/C27H31F3N8O2S2/c1-6-15(35-26(39)40-5)12-34-25-33-11-10-19(36-25)22(31)23(38-42-27(2,3)4)16-13-32-14-20(21(16)30)37-41-24-17(28)8-7-9-18(24)29/h6-11,13-15,22,37H,1,12,31H2,2-5H3,(H,35,39)(H,33,34,36)/t15-,22?/m0/s1. The maximum Gasteiger partial charge on any atom is 0.407 e. The van der Waals surface area contributed by atoms with Crippen LogP contribution >= 0.6 is 23.9 Å². The van der Waals surface area contributed by atoms with Crippen LogP contribution in [0.4, 0.5) is 29.6 Å². The van der Waals surface area contributed by atoms with E-state index < -0.39 is 35.6 Å². The summed E-state index contributed by atoms with van der Waals surface area (Å²) in [5, 5.41) is 5.58. The minimum Gasteiger partial charge on any atom is -0.453 e. The fraction of sp³-hybridized carbons (Fsp3) is 0.296. The number of nitrogens with two attached hydrogens (primary N) is 1. The van der Waals surface area contributed by atoms with Crippen LogP contribution in [0, 0.1) is 17.5 Å². The van der Waals surface area contributed by atoms with Crippen LogP contribution in [0.1, 0.15) is 38.1 Å². The molecule has 5 N–H and O–H groups in total. The van der Waals surface area contributed by atoms with E-state index in [0.29, 0.717) is 17.6 Å². The maximum absolute atomic E-state index is 15.8. The molecule has 224 valence electrons. The third-order valence-electron chi connectivity index (χ3n) is 5.30. The van der Waals surface area contributed by atoms with Crippen molar-refractivity contribution >= 4 is 47.3 Å². The van der Waals surface area contributed by atoms with Gasteiger partial charge in [-0.05, 0) is 62.9 Å². The molecule has 15 heteroatoms. The number of hydrogen-bond acceptors (Lipinski definition) is 11. The molecule has 42 heavy (non-hydrogen) atoms. The van der Waals surface area contributed by atoms with Crippen LogP contribution in [0.25, 0.3) is 0 Å². The molecule has 10 nitrogen and oxygen atoms in total. The average molecular weight is 621 g/mol. The SMILES string of the molecule is C=C[C@@H](CNc1nccc(C(N)C(=NSC(C)(C)C)c2cncc(NSc3c(F)cccc3F)c2F)n1)NC(=O)OC. The third kappa shape index (κ3) is 9.09. The fourth-order valence-corrected chi connectivity index (χ4v) is 4.49. The molecule has 0 aliphatic rings. The van der Waals surface area contributed by atoms with Crippen molar-refractivity contribution in [3.8, 4) is 0 Å². The molecule has 2 atom stereocenters. The van der Waals surface area contributed by atoms with Crippen LogP contribution in [0.2, 0.25) is 0 Å². The molecule has 3 aromatic rings. The summed E-state index contributed by atoms with van der Waals surface area (Å²) in [4.78, 5) is 23.9. The molecular weight excluding hydrogens is 589 g/mol. The second-order valence-electron chi connectivity index (χ2n) is 9.63. The highest BCUT2D eigenvalue weighted by Gasteiger charge is 2.25. The van der Waals surface area contributed by atoms with E-state index in [-0.39, 0.29) is 39.1 Å². The number of halogens is 3. The van der Waals surface area contributed by atoms with Gasteiger partial charge in [-0.15, -0.1) is 6.58 Å². The highest BCUT2D eigenvalue weighted by Crippen LogP contribution is 2.32. The van der Waals surface area contributed by atoms with Gasteiger partial charge in [0, 0.05) is 23.7 Å². The van der Waals surface area contributed by atoms with Gasteiger partial charge in [-0.1, -0.05) is 12.1 Å². The van der Waals surface area contributed by atoms with E-state index in [4.69, 9.17) is 5.73 Å². The smallest absolute Gasteiger partial charge is 0.407 e. The summed E-state index contributed by atoms with van der Waals surface area (Å²) in [6.45, 7) is 9.68. The van der Waals surface area contributed by atoms with Crippen LogP contribution in [-0.4, -0.2) is 51.2 Å². The number of pyridine rings is 1. The Hall–Kier alpha value is -3.82. The third-order valence-corrected chi connectivity index (χ3v) is 7.05. The lowest BCUT2D eigenvalue weighted by Gasteiger charge is -2.20. The van der Waals surface area contributed by atoms with Crippen molar-refractivity contribution in [2.45, 2.75) is 42.5 Å². The molecule has 0 spiro atoms. The lowest BCUT2D eigenvalue weighted by atomic mass is 10.0. The second-order valence-corrected chi connectivity index (χ2v) is 12.0. The Balaban J connectivity index is 1.90. The van der Waals surface area contributed by atoms with Crippen LogP contribution in [-0.2, 0) is 4.74 Å². The number of methoxy groups -OCH3 is 1. The summed E-state index contributed by atoms with van der Waals surface area (Å²) < 4.78 is 55.5. The first-order valence-electron chi connectivity index (χ1n) is 12.5. The van der Waals surface area contributed by atoms with Crippen molar-refractivity contribution in [1.82, 2.24) is 20.3 Å². The van der Waals surface area contributed by atoms with Gasteiger partial charge in [-0.3, -0.25) is 4.98 Å². The number of nitrogens with zero attached hydrogens (tertiary/aromatic N) is 4. The number of alkyl carbamates (subject to hydrolysis) is 1. The lowest BCUT2D eigenvalue weighted by Crippen LogP contribution is -2.38. The van der Waals surface area contributed by atoms with Gasteiger partial charge in [-0.2, -0.15) is 0 Å². The van der Waals surface area contributed by atoms with Gasteiger partial charge >= 0.3 is 6.09 Å². The van der Waals surface area contributed by atoms with Gasteiger partial charge in [0.2, 0.25) is 5.95 Å². The van der Waals surface area contributed by atoms with Gasteiger partial charge in [-0.25, -0.2) is 32.3 Å². The van der Waals surface area contributed by atoms with E-state index in [9.17, 15) is 13.6 Å². The molecule has 0 radical (unpaired) electrons. The summed E-state index contributed by atoms with van der Waals surface area (Å²) in [5.41, 5.74) is 6.88. The number of hydrogen-bond donors (Lipinski definition) is 4. The summed E-state index contributed by atoms with van der Waals surface area (Å²) in [6, 6.07) is 3.50. The number of carbonyl (C=O) groups excluding carboxylic acids is 1. The van der Waals surface area contributed by atoms with Crippen molar-refractivity contribution in [2.24, 2.45) is 10.1 Å². The highest BCUT2D eigenvalue weighted by atomic mass is 32.2. The summed E-state index contributed by atoms with van der Waals surface area (Å²) in [5.74, 6) is -2.16. The van der Waals surface area contributed by atoms with E-state index in [1.54, 1.807) is 6.07 Å². The molecule has 1 amide bonds. The Morgan fingerprint density at radius 1 is 1.21 bits per heavy atom. The monoisotopic (exact) mass is 620 g/mol. The van der Waals surface area contributed by atoms with E-state index in [2.05, 4.69) is 46.0 Å². The van der Waals surface area contributed by atoms with Crippen LogP contribution < -0.4 is 21.1 Å². The molecule has 1 unspecified atom stereocenters. The van der Waals surface area contributed by atoms with Gasteiger partial charge in [0.1, 0.15) is 11.6 Å². The summed E-state index contributed by atoms with van der Waals surface area (Å²) in [6.07, 6.45) is 4.83. The number of ether oxygens (including phenoxy) is 1. The highest BCUT2D eigenvalue weighted by molar-refractivity contribution is 8.00. The maximum atomic E-state index is 15.8. The molecule has 0 fully saturated rings. The van der Waals surface area contributed by atoms with Gasteiger partial charge in [0.15, 0.2) is 5.82 Å². The van der Waals surface area contributed by atoms with Crippen molar-refractivity contribution in [1.29, 1.82) is 0 Å². The minimum absolute atomic E-state index is 0.0269. The topological polar surface area (TPSA) is 139 Å². The number of nitrogens with one attached hydrogen (secondary N) is 3. The average Bonchev–Trinajstić information content (AvgIpc) is 2.95. The second kappa shape index (κ2) is 14.9. The van der Waals surface area contributed by atoms with E-state index in [1.165, 1.54) is 49.8 Å². The van der Waals surface area contributed by atoms with Crippen LogP contribution in [0.15, 0.2) is 64.8 Å². The van der Waals surface area contributed by atoms with E-state index in [1.807, 2.05) is 20.8 Å². The molecule has 0 aliphatic carbocycles. The molecule has 1 aromatic carbocycles. The summed E-state index contributed by atoms with van der Waals surface area (Å²) in [7, 11) is 1.25. The minimum atomic E-state index is -1.02. The zero-order valence-electron chi connectivity index (χ0n) is 23.3. The quantitative estimate of drug-likeness (QED) is 0.114. The molecule has 2 heterocycles. The molecular formula is C27H31F3N8O2S2. The van der Waals surface area contributed by atoms with Crippen molar-refractivity contribution < 1.29 is 22.7 Å². The summed E-state index contributed by atoms with van der Waals surface area (Å²) >= 11 is 1.76. The first kappa shape index (κ1) is 32.7. The fourth-order valence-electron chi connectivity index (χ4n) is 3.22. The number of benzene rings is 1. The van der Waals surface area contributed by atoms with Gasteiger partial charge in [0.05, 0.1) is 52.9 Å². The molecule has 0 bridgehead atoms. The molecule has 2 aromatic heterocycles. The Bertz CT molecular complexity index is 1420. The Morgan fingerprint density at radius 2 is 1.93 bits per heavy atom. The molecule has 3 rings (SSSR count). The first-order chi connectivity index (χ1) is 19.9. The van der Waals surface area contributed by atoms with Crippen LogP contribution in [0.5, 0.6) is 0 Å². The largest absolute Gasteiger partial charge is 0.453 e. The molecule has 0 saturated carbocycles. The van der Waals surface area contributed by atoms with Gasteiger partial charge in [0.25, 0.3) is 0 Å². The number of amides is 1. The molecule has 0 saturated heterocycles. The van der Waals surface area contributed by atoms with Crippen molar-refractivity contribution in [3.05, 3.63) is 84.2 Å². The zero-order chi connectivity index (χ0) is 30.9. The van der Waals surface area contributed by atoms with Gasteiger partial charge < -0.3 is 25.8 Å². The predicted octanol–water partition coefficient (Wildman–Crippen LogP) is 5.67. The van der Waals surface area contributed by atoms with Crippen molar-refractivity contribution in [2.75, 3.05) is 23.7 Å². The van der Waals surface area contributed by atoms with Crippen molar-refractivity contribution in [3.63, 3.8) is 0 Å². The zero-order valence-corrected chi connectivity index (χ0v) is 25.0. The first-order valence-corrected chi connectivity index (χ1v) is 14.1. The number of anilines is 2. The Kier molecular flexibility index (Phi) is 11.6. The molecule has 0 aliphatic heterocycles. The Morgan fingerprint density at radius 3 is 2.57 bits per heavy atom. The lowest BCUT2D eigenvalue weighted by molar-refractivity contribution is 0.169.